The van der Waals surface area contributed by atoms with Gasteiger partial charge in [-0.2, -0.15) is 0 Å². The standard InChI is InChI=1S/C28H34N6O5/c1-2-14-32-19-26(37)33-23(16-20-10-12-22(35)13-11-20)27(38)31(15-6-9-24(29)36)18-25(33)34(32)28(39)30-17-21-7-4-3-5-8-21/h2-5,7-8,10-13,23,25,35H,1,6,9,14-19H2,(H2,29,36)(H,30,39)/t23-,25?/m0/s1. The molecule has 0 aliphatic carbocycles. The van der Waals surface area contributed by atoms with Gasteiger partial charge in [0.1, 0.15) is 18.0 Å². The average molecular weight is 535 g/mol. The quantitative estimate of drug-likeness (QED) is 0.392. The molecule has 0 bridgehead atoms. The Morgan fingerprint density at radius 1 is 1.08 bits per heavy atom. The zero-order chi connectivity index (χ0) is 27.9. The van der Waals surface area contributed by atoms with Crippen LogP contribution in [0.5, 0.6) is 5.75 Å². The van der Waals surface area contributed by atoms with Crippen molar-refractivity contribution in [3.8, 4) is 5.75 Å². The molecular weight excluding hydrogens is 500 g/mol. The average Bonchev–Trinajstić information content (AvgIpc) is 2.91. The molecule has 2 atom stereocenters. The number of nitrogens with zero attached hydrogens (tertiary/aromatic N) is 4. The molecule has 2 aromatic rings. The second kappa shape index (κ2) is 12.4. The van der Waals surface area contributed by atoms with Gasteiger partial charge in [0.15, 0.2) is 0 Å². The van der Waals surface area contributed by atoms with E-state index >= 15 is 0 Å². The predicted octanol–water partition coefficient (Wildman–Crippen LogP) is 1.19. The number of nitrogens with two attached hydrogens (primary N) is 1. The Hall–Kier alpha value is -4.38. The van der Waals surface area contributed by atoms with Crippen LogP contribution in [0, 0.1) is 0 Å². The Bertz CT molecular complexity index is 1200. The Morgan fingerprint density at radius 2 is 1.79 bits per heavy atom. The summed E-state index contributed by atoms with van der Waals surface area (Å²) < 4.78 is 0. The molecule has 0 saturated carbocycles. The maximum absolute atomic E-state index is 13.7. The normalized spacial score (nSPS) is 19.5. The van der Waals surface area contributed by atoms with Gasteiger partial charge in [-0.05, 0) is 29.7 Å². The number of hydrogen-bond donors (Lipinski definition) is 3. The highest BCUT2D eigenvalue weighted by Gasteiger charge is 2.51. The van der Waals surface area contributed by atoms with Crippen molar-refractivity contribution >= 4 is 23.8 Å². The highest BCUT2D eigenvalue weighted by molar-refractivity contribution is 5.91. The zero-order valence-electron chi connectivity index (χ0n) is 21.7. The number of amides is 5. The van der Waals surface area contributed by atoms with Crippen molar-refractivity contribution in [1.29, 1.82) is 0 Å². The minimum atomic E-state index is -0.871. The molecule has 0 aromatic heterocycles. The van der Waals surface area contributed by atoms with E-state index in [1.165, 1.54) is 22.0 Å². The van der Waals surface area contributed by atoms with Gasteiger partial charge < -0.3 is 26.0 Å². The molecule has 0 radical (unpaired) electrons. The van der Waals surface area contributed by atoms with Gasteiger partial charge in [-0.15, -0.1) is 6.58 Å². The fraction of sp³-hybridized carbons (Fsp3) is 0.357. The third-order valence-electron chi connectivity index (χ3n) is 6.88. The fourth-order valence-electron chi connectivity index (χ4n) is 5.06. The van der Waals surface area contributed by atoms with E-state index < -0.39 is 24.1 Å². The van der Waals surface area contributed by atoms with E-state index in [0.29, 0.717) is 6.42 Å². The molecular formula is C28H34N6O5. The topological polar surface area (TPSA) is 140 Å². The van der Waals surface area contributed by atoms with E-state index in [4.69, 9.17) is 5.73 Å². The lowest BCUT2D eigenvalue weighted by Crippen LogP contribution is -2.76. The zero-order valence-corrected chi connectivity index (χ0v) is 21.7. The number of piperazine rings is 1. The third kappa shape index (κ3) is 6.55. The van der Waals surface area contributed by atoms with Crippen molar-refractivity contribution in [3.63, 3.8) is 0 Å². The summed E-state index contributed by atoms with van der Waals surface area (Å²) in [5.74, 6) is -0.912. The summed E-state index contributed by atoms with van der Waals surface area (Å²) in [4.78, 5) is 55.2. The highest BCUT2D eigenvalue weighted by Crippen LogP contribution is 2.29. The number of rotatable bonds is 10. The molecule has 2 aromatic carbocycles. The van der Waals surface area contributed by atoms with Crippen molar-refractivity contribution in [2.45, 2.75) is 38.0 Å². The number of phenolic OH excluding ortho intramolecular Hbond substituents is 1. The van der Waals surface area contributed by atoms with Crippen LogP contribution < -0.4 is 11.1 Å². The molecule has 11 heteroatoms. The largest absolute Gasteiger partial charge is 0.508 e. The molecule has 2 heterocycles. The molecule has 2 saturated heterocycles. The second-order valence-corrected chi connectivity index (χ2v) is 9.65. The summed E-state index contributed by atoms with van der Waals surface area (Å²) in [6.45, 7) is 4.57. The molecule has 11 nitrogen and oxygen atoms in total. The minimum absolute atomic E-state index is 0.0851. The monoisotopic (exact) mass is 534 g/mol. The van der Waals surface area contributed by atoms with Gasteiger partial charge in [0, 0.05) is 32.5 Å². The van der Waals surface area contributed by atoms with E-state index in [-0.39, 0.29) is 63.1 Å². The maximum atomic E-state index is 13.7. The number of primary amides is 1. The van der Waals surface area contributed by atoms with Crippen LogP contribution in [0.1, 0.15) is 24.0 Å². The first kappa shape index (κ1) is 27.6. The third-order valence-corrected chi connectivity index (χ3v) is 6.88. The fourth-order valence-corrected chi connectivity index (χ4v) is 5.06. The number of hydrogen-bond acceptors (Lipinski definition) is 6. The molecule has 39 heavy (non-hydrogen) atoms. The molecule has 4 N–H and O–H groups in total. The van der Waals surface area contributed by atoms with Crippen LogP contribution in [-0.4, -0.2) is 87.1 Å². The van der Waals surface area contributed by atoms with Crippen LogP contribution in [0.25, 0.3) is 0 Å². The lowest BCUT2D eigenvalue weighted by atomic mass is 9.98. The summed E-state index contributed by atoms with van der Waals surface area (Å²) >= 11 is 0. The van der Waals surface area contributed by atoms with E-state index in [0.717, 1.165) is 11.1 Å². The highest BCUT2D eigenvalue weighted by atomic mass is 16.3. The first-order valence-electron chi connectivity index (χ1n) is 12.9. The van der Waals surface area contributed by atoms with Crippen molar-refractivity contribution in [3.05, 3.63) is 78.4 Å². The Balaban J connectivity index is 1.65. The van der Waals surface area contributed by atoms with Gasteiger partial charge in [-0.25, -0.2) is 14.8 Å². The number of carbonyl (C=O) groups excluding carboxylic acids is 4. The van der Waals surface area contributed by atoms with Crippen LogP contribution in [0.3, 0.4) is 0 Å². The summed E-state index contributed by atoms with van der Waals surface area (Å²) in [5, 5.41) is 15.8. The SMILES string of the molecule is C=CCN1CC(=O)N2C(CN(CCCC(N)=O)C(=O)[C@@H]2Cc2ccc(O)cc2)N1C(=O)NCc1ccccc1. The van der Waals surface area contributed by atoms with Crippen molar-refractivity contribution in [1.82, 2.24) is 25.1 Å². The van der Waals surface area contributed by atoms with Crippen LogP contribution in [0.15, 0.2) is 67.3 Å². The predicted molar refractivity (Wildman–Crippen MR) is 144 cm³/mol. The molecule has 0 spiro atoms. The van der Waals surface area contributed by atoms with Crippen LogP contribution in [0.4, 0.5) is 4.79 Å². The van der Waals surface area contributed by atoms with Gasteiger partial charge in [0.05, 0.1) is 13.1 Å². The van der Waals surface area contributed by atoms with Gasteiger partial charge in [0.2, 0.25) is 17.7 Å². The van der Waals surface area contributed by atoms with Gasteiger partial charge in [-0.1, -0.05) is 48.5 Å². The Kier molecular flexibility index (Phi) is 8.82. The number of carbonyl (C=O) groups is 4. The number of nitrogens with one attached hydrogen (secondary N) is 1. The first-order valence-corrected chi connectivity index (χ1v) is 12.9. The van der Waals surface area contributed by atoms with Crippen molar-refractivity contribution in [2.24, 2.45) is 5.73 Å². The van der Waals surface area contributed by atoms with E-state index in [9.17, 15) is 24.3 Å². The van der Waals surface area contributed by atoms with Crippen LogP contribution in [-0.2, 0) is 27.3 Å². The van der Waals surface area contributed by atoms with E-state index in [1.54, 1.807) is 28.1 Å². The van der Waals surface area contributed by atoms with E-state index in [1.807, 2.05) is 30.3 Å². The lowest BCUT2D eigenvalue weighted by Gasteiger charge is -2.55. The summed E-state index contributed by atoms with van der Waals surface area (Å²) in [7, 11) is 0. The lowest BCUT2D eigenvalue weighted by molar-refractivity contribution is -0.189. The van der Waals surface area contributed by atoms with E-state index in [2.05, 4.69) is 11.9 Å². The molecule has 1 unspecified atom stereocenters. The van der Waals surface area contributed by atoms with Gasteiger partial charge in [0.25, 0.3) is 0 Å². The van der Waals surface area contributed by atoms with Crippen LogP contribution in [0.2, 0.25) is 0 Å². The number of hydrazine groups is 1. The molecule has 2 aliphatic rings. The van der Waals surface area contributed by atoms with Crippen molar-refractivity contribution < 1.29 is 24.3 Å². The van der Waals surface area contributed by atoms with Gasteiger partial charge >= 0.3 is 6.03 Å². The first-order chi connectivity index (χ1) is 18.8. The smallest absolute Gasteiger partial charge is 0.334 e. The Labute approximate surface area is 227 Å². The summed E-state index contributed by atoms with van der Waals surface area (Å²) in [6, 6.07) is 14.7. The number of aromatic hydroxyl groups is 1. The molecule has 2 fully saturated rings. The minimum Gasteiger partial charge on any atom is -0.508 e. The number of urea groups is 1. The van der Waals surface area contributed by atoms with Crippen molar-refractivity contribution in [2.75, 3.05) is 26.2 Å². The molecule has 206 valence electrons. The van der Waals surface area contributed by atoms with Crippen LogP contribution >= 0.6 is 0 Å². The molecule has 4 rings (SSSR count). The molecule has 5 amide bonds. The number of phenols is 1. The summed E-state index contributed by atoms with van der Waals surface area (Å²) in [5.41, 5.74) is 6.98. The maximum Gasteiger partial charge on any atom is 0.334 e. The second-order valence-electron chi connectivity index (χ2n) is 9.65. The summed E-state index contributed by atoms with van der Waals surface area (Å²) in [6.07, 6.45) is 1.53. The Morgan fingerprint density at radius 3 is 2.46 bits per heavy atom. The number of benzene rings is 2. The number of fused-ring (bicyclic) bond motifs is 1. The van der Waals surface area contributed by atoms with Gasteiger partial charge in [-0.3, -0.25) is 14.4 Å². The molecule has 2 aliphatic heterocycles.